The number of imidazole rings is 1. The lowest BCUT2D eigenvalue weighted by Gasteiger charge is -2.20. The van der Waals surface area contributed by atoms with E-state index in [0.717, 1.165) is 11.7 Å². The fourth-order valence-corrected chi connectivity index (χ4v) is 4.05. The monoisotopic (exact) mass is 301 g/mol. The Bertz CT molecular complexity index is 566. The van der Waals surface area contributed by atoms with Crippen molar-refractivity contribution in [3.63, 3.8) is 0 Å². The molecule has 1 aromatic heterocycles. The number of aromatic nitrogens is 2. The molecule has 1 aliphatic carbocycles. The third-order valence-electron chi connectivity index (χ3n) is 4.46. The van der Waals surface area contributed by atoms with Gasteiger partial charge >= 0.3 is 0 Å². The molecular formula is C17H23N3S. The number of rotatable bonds is 5. The highest BCUT2D eigenvalue weighted by atomic mass is 32.2. The predicted molar refractivity (Wildman–Crippen MR) is 89.5 cm³/mol. The van der Waals surface area contributed by atoms with Gasteiger partial charge in [0.2, 0.25) is 0 Å². The molecule has 3 rings (SSSR count). The molecule has 1 aliphatic rings. The van der Waals surface area contributed by atoms with E-state index in [4.69, 9.17) is 5.73 Å². The van der Waals surface area contributed by atoms with Gasteiger partial charge in [-0.1, -0.05) is 30.3 Å². The van der Waals surface area contributed by atoms with E-state index in [2.05, 4.69) is 40.1 Å². The third kappa shape index (κ3) is 3.33. The average molecular weight is 301 g/mol. The highest BCUT2D eigenvalue weighted by Crippen LogP contribution is 2.37. The average Bonchev–Trinajstić information content (AvgIpc) is 3.16. The maximum absolute atomic E-state index is 6.44. The summed E-state index contributed by atoms with van der Waals surface area (Å²) < 4.78 is 2.32. The Labute approximate surface area is 131 Å². The maximum atomic E-state index is 6.44. The van der Waals surface area contributed by atoms with Crippen molar-refractivity contribution in [2.45, 2.75) is 43.0 Å². The lowest BCUT2D eigenvalue weighted by molar-refractivity contribution is 0.482. The third-order valence-corrected chi connectivity index (χ3v) is 5.55. The SMILES string of the molecule is CSC1CCC(n2cncc2[C@H](N)Cc2ccccc2)C1. The van der Waals surface area contributed by atoms with Gasteiger partial charge in [-0.25, -0.2) is 4.98 Å². The van der Waals surface area contributed by atoms with E-state index in [1.807, 2.05) is 30.4 Å². The quantitative estimate of drug-likeness (QED) is 0.918. The zero-order valence-electron chi connectivity index (χ0n) is 12.5. The molecule has 112 valence electrons. The number of hydrogen-bond donors (Lipinski definition) is 1. The second-order valence-corrected chi connectivity index (χ2v) is 6.98. The van der Waals surface area contributed by atoms with Crippen molar-refractivity contribution in [3.05, 3.63) is 54.1 Å². The van der Waals surface area contributed by atoms with Gasteiger partial charge in [-0.2, -0.15) is 11.8 Å². The second-order valence-electron chi connectivity index (χ2n) is 5.85. The summed E-state index contributed by atoms with van der Waals surface area (Å²) in [5, 5.41) is 0.788. The predicted octanol–water partition coefficient (Wildman–Crippen LogP) is 3.58. The van der Waals surface area contributed by atoms with Gasteiger partial charge in [0.1, 0.15) is 0 Å². The molecule has 0 bridgehead atoms. The van der Waals surface area contributed by atoms with Crippen LogP contribution in [0.5, 0.6) is 0 Å². The summed E-state index contributed by atoms with van der Waals surface area (Å²) in [4.78, 5) is 4.36. The molecule has 1 saturated carbocycles. The molecule has 1 heterocycles. The van der Waals surface area contributed by atoms with Gasteiger partial charge in [0.25, 0.3) is 0 Å². The molecule has 0 radical (unpaired) electrons. The lowest BCUT2D eigenvalue weighted by atomic mass is 10.0. The van der Waals surface area contributed by atoms with Crippen LogP contribution in [0.25, 0.3) is 0 Å². The van der Waals surface area contributed by atoms with Gasteiger partial charge in [-0.15, -0.1) is 0 Å². The zero-order chi connectivity index (χ0) is 14.7. The van der Waals surface area contributed by atoms with Crippen LogP contribution in [0.3, 0.4) is 0 Å². The standard InChI is InChI=1S/C17H23N3S/c1-21-15-8-7-14(10-15)20-12-19-11-17(20)16(18)9-13-5-3-2-4-6-13/h2-6,11-12,14-16H,7-10,18H2,1H3/t14?,15?,16-/m1/s1. The Morgan fingerprint density at radius 3 is 2.86 bits per heavy atom. The van der Waals surface area contributed by atoms with Crippen LogP contribution in [0.1, 0.15) is 42.6 Å². The molecule has 1 fully saturated rings. The number of benzene rings is 1. The van der Waals surface area contributed by atoms with E-state index in [1.54, 1.807) is 0 Å². The highest BCUT2D eigenvalue weighted by Gasteiger charge is 2.27. The smallest absolute Gasteiger partial charge is 0.0951 e. The van der Waals surface area contributed by atoms with Crippen LogP contribution in [0.4, 0.5) is 0 Å². The van der Waals surface area contributed by atoms with Crippen LogP contribution < -0.4 is 5.73 Å². The summed E-state index contributed by atoms with van der Waals surface area (Å²) in [6, 6.07) is 11.0. The first-order valence-corrected chi connectivity index (χ1v) is 8.90. The van der Waals surface area contributed by atoms with Crippen LogP contribution in [-0.2, 0) is 6.42 Å². The fourth-order valence-electron chi connectivity index (χ4n) is 3.26. The van der Waals surface area contributed by atoms with Gasteiger partial charge in [-0.05, 0) is 37.5 Å². The van der Waals surface area contributed by atoms with Crippen LogP contribution in [0.15, 0.2) is 42.9 Å². The summed E-state index contributed by atoms with van der Waals surface area (Å²) in [5.41, 5.74) is 8.90. The summed E-state index contributed by atoms with van der Waals surface area (Å²) in [6.45, 7) is 0. The lowest BCUT2D eigenvalue weighted by Crippen LogP contribution is -2.19. The van der Waals surface area contributed by atoms with Gasteiger partial charge in [0, 0.05) is 17.5 Å². The normalized spacial score (nSPS) is 23.3. The molecule has 0 saturated heterocycles. The van der Waals surface area contributed by atoms with E-state index >= 15 is 0 Å². The summed E-state index contributed by atoms with van der Waals surface area (Å²) in [5.74, 6) is 0. The minimum atomic E-state index is 0.0169. The largest absolute Gasteiger partial charge is 0.330 e. The van der Waals surface area contributed by atoms with E-state index in [1.165, 1.54) is 30.5 Å². The van der Waals surface area contributed by atoms with Crippen LogP contribution in [0.2, 0.25) is 0 Å². The highest BCUT2D eigenvalue weighted by molar-refractivity contribution is 7.99. The molecule has 4 heteroatoms. The summed E-state index contributed by atoms with van der Waals surface area (Å²) in [6.07, 6.45) is 10.8. The van der Waals surface area contributed by atoms with Crippen molar-refractivity contribution in [3.8, 4) is 0 Å². The zero-order valence-corrected chi connectivity index (χ0v) is 13.3. The Morgan fingerprint density at radius 1 is 1.33 bits per heavy atom. The van der Waals surface area contributed by atoms with Gasteiger partial charge in [0.15, 0.2) is 0 Å². The van der Waals surface area contributed by atoms with Crippen molar-refractivity contribution < 1.29 is 0 Å². The van der Waals surface area contributed by atoms with E-state index in [9.17, 15) is 0 Å². The van der Waals surface area contributed by atoms with Crippen molar-refractivity contribution in [2.24, 2.45) is 5.73 Å². The van der Waals surface area contributed by atoms with Gasteiger partial charge in [0.05, 0.1) is 18.1 Å². The first-order valence-electron chi connectivity index (χ1n) is 7.62. The minimum absolute atomic E-state index is 0.0169. The topological polar surface area (TPSA) is 43.8 Å². The van der Waals surface area contributed by atoms with Crippen LogP contribution in [0, 0.1) is 0 Å². The molecule has 2 unspecified atom stereocenters. The molecule has 2 N–H and O–H groups in total. The second kappa shape index (κ2) is 6.67. The molecule has 21 heavy (non-hydrogen) atoms. The first kappa shape index (κ1) is 14.7. The fraction of sp³-hybridized carbons (Fsp3) is 0.471. The van der Waals surface area contributed by atoms with E-state index in [-0.39, 0.29) is 6.04 Å². The van der Waals surface area contributed by atoms with Gasteiger partial charge in [-0.3, -0.25) is 0 Å². The number of hydrogen-bond acceptors (Lipinski definition) is 3. The van der Waals surface area contributed by atoms with Crippen LogP contribution in [-0.4, -0.2) is 21.1 Å². The van der Waals surface area contributed by atoms with Crippen molar-refractivity contribution >= 4 is 11.8 Å². The van der Waals surface area contributed by atoms with Crippen molar-refractivity contribution in [2.75, 3.05) is 6.26 Å². The first-order chi connectivity index (χ1) is 10.3. The summed E-state index contributed by atoms with van der Waals surface area (Å²) >= 11 is 1.99. The van der Waals surface area contributed by atoms with E-state index in [0.29, 0.717) is 6.04 Å². The maximum Gasteiger partial charge on any atom is 0.0951 e. The summed E-state index contributed by atoms with van der Waals surface area (Å²) in [7, 11) is 0. The number of thioether (sulfide) groups is 1. The van der Waals surface area contributed by atoms with Crippen molar-refractivity contribution in [1.82, 2.24) is 9.55 Å². The Balaban J connectivity index is 1.73. The minimum Gasteiger partial charge on any atom is -0.330 e. The number of nitrogens with two attached hydrogens (primary N) is 1. The Morgan fingerprint density at radius 2 is 2.14 bits per heavy atom. The molecule has 1 aromatic carbocycles. The molecule has 0 spiro atoms. The van der Waals surface area contributed by atoms with E-state index < -0.39 is 0 Å². The molecule has 0 aliphatic heterocycles. The Kier molecular flexibility index (Phi) is 4.66. The molecule has 2 aromatic rings. The molecular weight excluding hydrogens is 278 g/mol. The molecule has 0 amide bonds. The van der Waals surface area contributed by atoms with Gasteiger partial charge < -0.3 is 10.3 Å². The number of nitrogens with zero attached hydrogens (tertiary/aromatic N) is 2. The molecule has 3 atom stereocenters. The van der Waals surface area contributed by atoms with Crippen molar-refractivity contribution in [1.29, 1.82) is 0 Å². The van der Waals surface area contributed by atoms with Crippen LogP contribution >= 0.6 is 11.8 Å². The molecule has 3 nitrogen and oxygen atoms in total. The Hall–Kier alpha value is -1.26.